The van der Waals surface area contributed by atoms with E-state index in [1.165, 1.54) is 25.3 Å². The lowest BCUT2D eigenvalue weighted by Crippen LogP contribution is -2.45. The number of thiocarbonyl (C=S) groups is 1. The summed E-state index contributed by atoms with van der Waals surface area (Å²) >= 11 is 5.14. The number of esters is 1. The fourth-order valence-corrected chi connectivity index (χ4v) is 2.76. The minimum atomic E-state index is -3.02. The first-order valence-electron chi connectivity index (χ1n) is 7.56. The Balaban J connectivity index is 2.45. The SMILES string of the molecule is C=CCOC(=O)C1=C(C)NC(=S)N[C@@H]1c1ccc(OC)c(OC(F)F)c1. The van der Waals surface area contributed by atoms with Crippen LogP contribution in [-0.4, -0.2) is 31.4 Å². The molecule has 1 atom stereocenters. The highest BCUT2D eigenvalue weighted by Crippen LogP contribution is 2.35. The van der Waals surface area contributed by atoms with Gasteiger partial charge in [0.15, 0.2) is 16.6 Å². The van der Waals surface area contributed by atoms with Crippen molar-refractivity contribution in [1.82, 2.24) is 10.6 Å². The number of methoxy groups -OCH3 is 1. The molecule has 0 radical (unpaired) electrons. The molecular weight excluding hydrogens is 366 g/mol. The van der Waals surface area contributed by atoms with Crippen molar-refractivity contribution >= 4 is 23.3 Å². The summed E-state index contributed by atoms with van der Waals surface area (Å²) in [4.78, 5) is 12.4. The third kappa shape index (κ3) is 4.48. The molecule has 0 aromatic heterocycles. The molecule has 140 valence electrons. The van der Waals surface area contributed by atoms with Gasteiger partial charge in [-0.3, -0.25) is 0 Å². The van der Waals surface area contributed by atoms with Crippen LogP contribution >= 0.6 is 12.2 Å². The fourth-order valence-electron chi connectivity index (χ4n) is 2.49. The normalized spacial score (nSPS) is 16.7. The van der Waals surface area contributed by atoms with Crippen LogP contribution in [0.25, 0.3) is 0 Å². The van der Waals surface area contributed by atoms with Gasteiger partial charge in [0, 0.05) is 5.70 Å². The lowest BCUT2D eigenvalue weighted by molar-refractivity contribution is -0.138. The Morgan fingerprint density at radius 2 is 2.15 bits per heavy atom. The number of halogens is 2. The first kappa shape index (κ1) is 19.6. The third-order valence-corrected chi connectivity index (χ3v) is 3.78. The van der Waals surface area contributed by atoms with Crippen molar-refractivity contribution in [3.05, 3.63) is 47.7 Å². The number of allylic oxidation sites excluding steroid dienone is 1. The highest BCUT2D eigenvalue weighted by atomic mass is 32.1. The molecule has 0 bridgehead atoms. The molecule has 6 nitrogen and oxygen atoms in total. The van der Waals surface area contributed by atoms with E-state index in [4.69, 9.17) is 21.7 Å². The first-order chi connectivity index (χ1) is 12.4. The summed E-state index contributed by atoms with van der Waals surface area (Å²) in [7, 11) is 1.34. The summed E-state index contributed by atoms with van der Waals surface area (Å²) in [5.74, 6) is -0.591. The van der Waals surface area contributed by atoms with Crippen LogP contribution < -0.4 is 20.1 Å². The Morgan fingerprint density at radius 3 is 2.77 bits per heavy atom. The highest BCUT2D eigenvalue weighted by molar-refractivity contribution is 7.80. The maximum absolute atomic E-state index is 12.7. The molecule has 1 aliphatic rings. The average molecular weight is 384 g/mol. The van der Waals surface area contributed by atoms with Crippen LogP contribution in [0.3, 0.4) is 0 Å². The van der Waals surface area contributed by atoms with Crippen LogP contribution in [0.4, 0.5) is 8.78 Å². The number of carbonyl (C=O) groups excluding carboxylic acids is 1. The number of benzene rings is 1. The van der Waals surface area contributed by atoms with Crippen molar-refractivity contribution in [1.29, 1.82) is 0 Å². The number of rotatable bonds is 7. The second-order valence-corrected chi connectivity index (χ2v) is 5.65. The number of alkyl halides is 2. The standard InChI is InChI=1S/C17H18F2N2O4S/c1-4-7-24-15(22)13-9(2)20-17(26)21-14(13)10-5-6-11(23-3)12(8-10)25-16(18)19/h4-6,8,14,16H,1,7H2,2-3H3,(H2,20,21,26)/t14-/m1/s1. The van der Waals surface area contributed by atoms with Crippen molar-refractivity contribution < 1.29 is 27.8 Å². The van der Waals surface area contributed by atoms with Crippen LogP contribution in [-0.2, 0) is 9.53 Å². The number of ether oxygens (including phenoxy) is 3. The van der Waals surface area contributed by atoms with Gasteiger partial charge in [-0.1, -0.05) is 18.7 Å². The molecule has 1 aromatic carbocycles. The van der Waals surface area contributed by atoms with Crippen LogP contribution in [0.15, 0.2) is 42.1 Å². The Hall–Kier alpha value is -2.68. The average Bonchev–Trinajstić information content (AvgIpc) is 2.58. The monoisotopic (exact) mass is 384 g/mol. The van der Waals surface area contributed by atoms with Crippen molar-refractivity contribution in [2.75, 3.05) is 13.7 Å². The molecular formula is C17H18F2N2O4S. The zero-order valence-corrected chi connectivity index (χ0v) is 15.0. The minimum absolute atomic E-state index is 0.0368. The smallest absolute Gasteiger partial charge is 0.387 e. The summed E-state index contributed by atoms with van der Waals surface area (Å²) in [5.41, 5.74) is 1.25. The molecule has 1 aliphatic heterocycles. The largest absolute Gasteiger partial charge is 0.493 e. The first-order valence-corrected chi connectivity index (χ1v) is 7.97. The Bertz CT molecular complexity index is 752. The molecule has 0 spiro atoms. The van der Waals surface area contributed by atoms with Gasteiger partial charge in [0.05, 0.1) is 18.7 Å². The van der Waals surface area contributed by atoms with Gasteiger partial charge in [0.25, 0.3) is 0 Å². The lowest BCUT2D eigenvalue weighted by atomic mass is 9.95. The van der Waals surface area contributed by atoms with E-state index in [0.29, 0.717) is 16.4 Å². The summed E-state index contributed by atoms with van der Waals surface area (Å²) in [6.07, 6.45) is 1.44. The molecule has 0 amide bonds. The van der Waals surface area contributed by atoms with Crippen molar-refractivity contribution in [3.63, 3.8) is 0 Å². The second kappa shape index (κ2) is 8.61. The molecule has 0 aliphatic carbocycles. The van der Waals surface area contributed by atoms with Gasteiger partial charge in [0.1, 0.15) is 6.61 Å². The minimum Gasteiger partial charge on any atom is -0.493 e. The Kier molecular flexibility index (Phi) is 6.51. The number of nitrogens with one attached hydrogen (secondary N) is 2. The van der Waals surface area contributed by atoms with Gasteiger partial charge in [-0.2, -0.15) is 8.78 Å². The number of hydrogen-bond acceptors (Lipinski definition) is 5. The van der Waals surface area contributed by atoms with Gasteiger partial charge < -0.3 is 24.8 Å². The highest BCUT2D eigenvalue weighted by Gasteiger charge is 2.31. The Morgan fingerprint density at radius 1 is 1.42 bits per heavy atom. The van der Waals surface area contributed by atoms with Crippen LogP contribution in [0.2, 0.25) is 0 Å². The summed E-state index contributed by atoms with van der Waals surface area (Å²) in [5, 5.41) is 6.09. The van der Waals surface area contributed by atoms with Crippen molar-refractivity contribution in [2.45, 2.75) is 19.6 Å². The van der Waals surface area contributed by atoms with E-state index in [1.54, 1.807) is 13.0 Å². The molecule has 0 unspecified atom stereocenters. The van der Waals surface area contributed by atoms with Gasteiger partial charge >= 0.3 is 12.6 Å². The molecule has 2 rings (SSSR count). The number of hydrogen-bond donors (Lipinski definition) is 2. The van der Waals surface area contributed by atoms with Gasteiger partial charge in [-0.05, 0) is 36.8 Å². The molecule has 1 heterocycles. The maximum Gasteiger partial charge on any atom is 0.387 e. The van der Waals surface area contributed by atoms with Gasteiger partial charge in [0.2, 0.25) is 0 Å². The molecule has 0 saturated heterocycles. The second-order valence-electron chi connectivity index (χ2n) is 5.25. The van der Waals surface area contributed by atoms with E-state index in [1.807, 2.05) is 0 Å². The topological polar surface area (TPSA) is 68.8 Å². The number of carbonyl (C=O) groups is 1. The lowest BCUT2D eigenvalue weighted by Gasteiger charge is -2.30. The van der Waals surface area contributed by atoms with Gasteiger partial charge in [-0.25, -0.2) is 4.79 Å². The summed E-state index contributed by atoms with van der Waals surface area (Å²) in [6.45, 7) is 2.19. The molecule has 9 heteroatoms. The zero-order chi connectivity index (χ0) is 19.3. The summed E-state index contributed by atoms with van der Waals surface area (Å²) < 4.78 is 40.0. The van der Waals surface area contributed by atoms with E-state index in [0.717, 1.165) is 0 Å². The van der Waals surface area contributed by atoms with E-state index in [-0.39, 0.29) is 23.7 Å². The maximum atomic E-state index is 12.7. The van der Waals surface area contributed by atoms with Crippen LogP contribution in [0.5, 0.6) is 11.5 Å². The van der Waals surface area contributed by atoms with E-state index >= 15 is 0 Å². The van der Waals surface area contributed by atoms with Crippen LogP contribution in [0.1, 0.15) is 18.5 Å². The zero-order valence-electron chi connectivity index (χ0n) is 14.2. The molecule has 2 N–H and O–H groups in total. The van der Waals surface area contributed by atoms with Crippen molar-refractivity contribution in [3.8, 4) is 11.5 Å². The van der Waals surface area contributed by atoms with Crippen molar-refractivity contribution in [2.24, 2.45) is 0 Å². The quantitative estimate of drug-likeness (QED) is 0.426. The third-order valence-electron chi connectivity index (χ3n) is 3.56. The summed E-state index contributed by atoms with van der Waals surface area (Å²) in [6, 6.07) is 3.76. The van der Waals surface area contributed by atoms with E-state index in [2.05, 4.69) is 21.9 Å². The predicted molar refractivity (Wildman–Crippen MR) is 95.1 cm³/mol. The van der Waals surface area contributed by atoms with E-state index < -0.39 is 18.6 Å². The Labute approximate surface area is 154 Å². The van der Waals surface area contributed by atoms with Gasteiger partial charge in [-0.15, -0.1) is 0 Å². The molecule has 0 saturated carbocycles. The predicted octanol–water partition coefficient (Wildman–Crippen LogP) is 2.82. The van der Waals surface area contributed by atoms with Crippen LogP contribution in [0, 0.1) is 0 Å². The molecule has 0 fully saturated rings. The van der Waals surface area contributed by atoms with E-state index in [9.17, 15) is 13.6 Å². The molecule has 1 aromatic rings. The molecule has 26 heavy (non-hydrogen) atoms. The fraction of sp³-hybridized carbons (Fsp3) is 0.294.